The molecule has 0 aliphatic carbocycles. The van der Waals surface area contributed by atoms with Crippen LogP contribution in [0.1, 0.15) is 45.2 Å². The van der Waals surface area contributed by atoms with Crippen LogP contribution in [0.4, 0.5) is 0 Å². The molecule has 1 aliphatic rings. The summed E-state index contributed by atoms with van der Waals surface area (Å²) in [6.45, 7) is 8.50. The number of nitrogens with one attached hydrogen (secondary N) is 1. The van der Waals surface area contributed by atoms with Gasteiger partial charge in [0.25, 0.3) is 0 Å². The van der Waals surface area contributed by atoms with Crippen LogP contribution in [-0.2, 0) is 4.79 Å². The fourth-order valence-electron chi connectivity index (χ4n) is 2.77. The van der Waals surface area contributed by atoms with Gasteiger partial charge in [0.05, 0.1) is 12.6 Å². The van der Waals surface area contributed by atoms with Gasteiger partial charge in [0.15, 0.2) is 0 Å². The zero-order valence-corrected chi connectivity index (χ0v) is 13.3. The molecule has 21 heavy (non-hydrogen) atoms. The zero-order valence-electron chi connectivity index (χ0n) is 13.3. The summed E-state index contributed by atoms with van der Waals surface area (Å²) in [7, 11) is 0. The van der Waals surface area contributed by atoms with E-state index in [2.05, 4.69) is 24.4 Å². The van der Waals surface area contributed by atoms with Gasteiger partial charge in [-0.25, -0.2) is 0 Å². The van der Waals surface area contributed by atoms with Gasteiger partial charge in [-0.3, -0.25) is 10.1 Å². The van der Waals surface area contributed by atoms with Crippen LogP contribution in [-0.4, -0.2) is 36.5 Å². The van der Waals surface area contributed by atoms with Crippen LogP contribution in [0.3, 0.4) is 0 Å². The van der Waals surface area contributed by atoms with Crippen molar-refractivity contribution in [3.8, 4) is 5.75 Å². The fraction of sp³-hybridized carbons (Fsp3) is 0.588. The molecule has 1 aromatic carbocycles. The van der Waals surface area contributed by atoms with Crippen LogP contribution < -0.4 is 10.1 Å². The number of hydrogen-bond donors (Lipinski definition) is 1. The summed E-state index contributed by atoms with van der Waals surface area (Å²) in [4.78, 5) is 14.3. The van der Waals surface area contributed by atoms with Gasteiger partial charge in [-0.15, -0.1) is 0 Å². The van der Waals surface area contributed by atoms with Crippen molar-refractivity contribution in [3.63, 3.8) is 0 Å². The molecule has 1 saturated heterocycles. The van der Waals surface area contributed by atoms with E-state index in [-0.39, 0.29) is 18.0 Å². The molecule has 1 aliphatic heterocycles. The van der Waals surface area contributed by atoms with Gasteiger partial charge >= 0.3 is 0 Å². The molecule has 4 heteroatoms. The summed E-state index contributed by atoms with van der Waals surface area (Å²) in [5.74, 6) is 1.10. The van der Waals surface area contributed by atoms with Crippen LogP contribution in [0.2, 0.25) is 0 Å². The van der Waals surface area contributed by atoms with Crippen molar-refractivity contribution < 1.29 is 9.53 Å². The maximum atomic E-state index is 12.3. The summed E-state index contributed by atoms with van der Waals surface area (Å²) in [6, 6.07) is 8.05. The number of benzene rings is 1. The summed E-state index contributed by atoms with van der Waals surface area (Å²) < 4.78 is 5.45. The second-order valence-electron chi connectivity index (χ2n) is 5.64. The predicted molar refractivity (Wildman–Crippen MR) is 84.4 cm³/mol. The van der Waals surface area contributed by atoms with Crippen LogP contribution in [0.15, 0.2) is 24.3 Å². The third kappa shape index (κ3) is 4.21. The molecule has 116 valence electrons. The van der Waals surface area contributed by atoms with Crippen molar-refractivity contribution in [1.82, 2.24) is 10.2 Å². The van der Waals surface area contributed by atoms with E-state index in [4.69, 9.17) is 4.74 Å². The summed E-state index contributed by atoms with van der Waals surface area (Å²) in [5.41, 5.74) is 1.17. The van der Waals surface area contributed by atoms with Crippen molar-refractivity contribution in [1.29, 1.82) is 0 Å². The van der Waals surface area contributed by atoms with Gasteiger partial charge < -0.3 is 9.64 Å². The molecule has 1 aromatic rings. The van der Waals surface area contributed by atoms with Gasteiger partial charge in [-0.05, 0) is 51.3 Å². The number of nitrogens with zero attached hydrogens (tertiary/aromatic N) is 1. The first kappa shape index (κ1) is 15.8. The van der Waals surface area contributed by atoms with Gasteiger partial charge in [-0.1, -0.05) is 12.1 Å². The van der Waals surface area contributed by atoms with E-state index in [1.807, 2.05) is 30.9 Å². The Balaban J connectivity index is 1.90. The van der Waals surface area contributed by atoms with E-state index >= 15 is 0 Å². The standard InChI is InChI=1S/C17H26N2O2/c1-4-21-16-9-7-15(8-10-16)13(2)18-14(3)17(20)19-11-5-6-12-19/h7-10,13-14,18H,4-6,11-12H2,1-3H3. The lowest BCUT2D eigenvalue weighted by Crippen LogP contribution is -2.44. The molecule has 2 unspecified atom stereocenters. The second-order valence-corrected chi connectivity index (χ2v) is 5.64. The van der Waals surface area contributed by atoms with Crippen LogP contribution in [0.25, 0.3) is 0 Å². The average Bonchev–Trinajstić information content (AvgIpc) is 3.01. The lowest BCUT2D eigenvalue weighted by Gasteiger charge is -2.24. The first-order valence-corrected chi connectivity index (χ1v) is 7.89. The Morgan fingerprint density at radius 2 is 1.86 bits per heavy atom. The van der Waals surface area contributed by atoms with Gasteiger partial charge in [0, 0.05) is 19.1 Å². The molecule has 2 rings (SSSR count). The van der Waals surface area contributed by atoms with Gasteiger partial charge in [0.2, 0.25) is 5.91 Å². The quantitative estimate of drug-likeness (QED) is 0.876. The number of hydrogen-bond acceptors (Lipinski definition) is 3. The van der Waals surface area contributed by atoms with E-state index in [0.29, 0.717) is 6.61 Å². The summed E-state index contributed by atoms with van der Waals surface area (Å²) >= 11 is 0. The normalized spacial score (nSPS) is 17.6. The Morgan fingerprint density at radius 1 is 1.24 bits per heavy atom. The third-order valence-electron chi connectivity index (χ3n) is 3.98. The van der Waals surface area contributed by atoms with Crippen molar-refractivity contribution >= 4 is 5.91 Å². The van der Waals surface area contributed by atoms with Gasteiger partial charge in [0.1, 0.15) is 5.75 Å². The molecule has 1 heterocycles. The third-order valence-corrected chi connectivity index (χ3v) is 3.98. The molecule has 0 bridgehead atoms. The smallest absolute Gasteiger partial charge is 0.239 e. The molecule has 4 nitrogen and oxygen atoms in total. The number of amides is 1. The second kappa shape index (κ2) is 7.46. The lowest BCUT2D eigenvalue weighted by molar-refractivity contribution is -0.132. The van der Waals surface area contributed by atoms with Gasteiger partial charge in [-0.2, -0.15) is 0 Å². The molecule has 0 saturated carbocycles. The molecular weight excluding hydrogens is 264 g/mol. The topological polar surface area (TPSA) is 41.6 Å². The summed E-state index contributed by atoms with van der Waals surface area (Å²) in [5, 5.41) is 3.39. The molecule has 1 amide bonds. The highest BCUT2D eigenvalue weighted by molar-refractivity contribution is 5.81. The molecule has 0 aromatic heterocycles. The highest BCUT2D eigenvalue weighted by Crippen LogP contribution is 2.18. The van der Waals surface area contributed by atoms with Crippen molar-refractivity contribution in [2.75, 3.05) is 19.7 Å². The van der Waals surface area contributed by atoms with Crippen molar-refractivity contribution in [2.45, 2.75) is 45.7 Å². The molecule has 1 N–H and O–H groups in total. The fourth-order valence-corrected chi connectivity index (χ4v) is 2.77. The van der Waals surface area contributed by atoms with Crippen molar-refractivity contribution in [3.05, 3.63) is 29.8 Å². The Bertz CT molecular complexity index is 452. The van der Waals surface area contributed by atoms with E-state index in [1.165, 1.54) is 5.56 Å². The first-order valence-electron chi connectivity index (χ1n) is 7.89. The number of carbonyl (C=O) groups excluding carboxylic acids is 1. The minimum Gasteiger partial charge on any atom is -0.494 e. The zero-order chi connectivity index (χ0) is 15.2. The molecule has 2 atom stereocenters. The Kier molecular flexibility index (Phi) is 5.62. The first-order chi connectivity index (χ1) is 10.1. The molecular formula is C17H26N2O2. The Hall–Kier alpha value is -1.55. The van der Waals surface area contributed by atoms with Crippen LogP contribution >= 0.6 is 0 Å². The predicted octanol–water partition coefficient (Wildman–Crippen LogP) is 2.75. The minimum absolute atomic E-state index is 0.141. The largest absolute Gasteiger partial charge is 0.494 e. The number of rotatable bonds is 6. The van der Waals surface area contributed by atoms with Crippen LogP contribution in [0.5, 0.6) is 5.75 Å². The minimum atomic E-state index is -0.148. The number of likely N-dealkylation sites (tertiary alicyclic amines) is 1. The number of carbonyl (C=O) groups is 1. The van der Waals surface area contributed by atoms with E-state index < -0.39 is 0 Å². The van der Waals surface area contributed by atoms with E-state index in [0.717, 1.165) is 31.7 Å². The molecule has 0 radical (unpaired) electrons. The SMILES string of the molecule is CCOc1ccc(C(C)NC(C)C(=O)N2CCCC2)cc1. The Morgan fingerprint density at radius 3 is 2.43 bits per heavy atom. The lowest BCUT2D eigenvalue weighted by atomic mass is 10.1. The molecule has 0 spiro atoms. The molecule has 1 fully saturated rings. The maximum absolute atomic E-state index is 12.3. The highest BCUT2D eigenvalue weighted by Gasteiger charge is 2.24. The summed E-state index contributed by atoms with van der Waals surface area (Å²) in [6.07, 6.45) is 2.26. The highest BCUT2D eigenvalue weighted by atomic mass is 16.5. The monoisotopic (exact) mass is 290 g/mol. The average molecular weight is 290 g/mol. The van der Waals surface area contributed by atoms with E-state index in [9.17, 15) is 4.79 Å². The van der Waals surface area contributed by atoms with E-state index in [1.54, 1.807) is 0 Å². The Labute approximate surface area is 127 Å². The maximum Gasteiger partial charge on any atom is 0.239 e. The number of ether oxygens (including phenoxy) is 1. The van der Waals surface area contributed by atoms with Crippen molar-refractivity contribution in [2.24, 2.45) is 0 Å². The van der Waals surface area contributed by atoms with Crippen LogP contribution in [0, 0.1) is 0 Å².